The van der Waals surface area contributed by atoms with Crippen molar-refractivity contribution in [2.75, 3.05) is 5.73 Å². The Morgan fingerprint density at radius 3 is 2.91 bits per heavy atom. The molecule has 2 heterocycles. The van der Waals surface area contributed by atoms with Gasteiger partial charge >= 0.3 is 0 Å². The molecular weight excluding hydrogens is 278 g/mol. The van der Waals surface area contributed by atoms with E-state index in [0.29, 0.717) is 5.82 Å². The van der Waals surface area contributed by atoms with E-state index in [0.717, 1.165) is 30.5 Å². The Morgan fingerprint density at radius 2 is 2.32 bits per heavy atom. The molecule has 0 aromatic carbocycles. The number of unbranched alkanes of at least 4 members (excludes halogenated alkanes) is 1. The minimum atomic E-state index is -0.0974. The van der Waals surface area contributed by atoms with Gasteiger partial charge in [0.2, 0.25) is 5.91 Å². The first-order valence-electron chi connectivity index (χ1n) is 7.59. The van der Waals surface area contributed by atoms with Crippen LogP contribution in [0.1, 0.15) is 43.5 Å². The van der Waals surface area contributed by atoms with E-state index < -0.39 is 0 Å². The number of hydrogen-bond acceptors (Lipinski definition) is 4. The molecule has 0 fully saturated rings. The number of nitrogen functional groups attached to an aromatic ring is 1. The third-order valence-corrected chi connectivity index (χ3v) is 3.49. The SMILES string of the molecule is CCCCC(NC(=O)Cn1nc(C)cc1N)c1cccnc1. The molecule has 1 unspecified atom stereocenters. The minimum absolute atomic E-state index is 0.0287. The van der Waals surface area contributed by atoms with Crippen molar-refractivity contribution < 1.29 is 4.79 Å². The molecular formula is C16H23N5O. The van der Waals surface area contributed by atoms with Crippen molar-refractivity contribution >= 4 is 11.7 Å². The Balaban J connectivity index is 2.03. The van der Waals surface area contributed by atoms with Crippen LogP contribution in [0.3, 0.4) is 0 Å². The maximum absolute atomic E-state index is 12.3. The molecule has 1 atom stereocenters. The van der Waals surface area contributed by atoms with Gasteiger partial charge in [0.25, 0.3) is 0 Å². The number of pyridine rings is 1. The van der Waals surface area contributed by atoms with Crippen LogP contribution in [-0.4, -0.2) is 20.7 Å². The summed E-state index contributed by atoms with van der Waals surface area (Å²) in [6.07, 6.45) is 6.55. The van der Waals surface area contributed by atoms with Crippen molar-refractivity contribution in [3.63, 3.8) is 0 Å². The minimum Gasteiger partial charge on any atom is -0.384 e. The maximum atomic E-state index is 12.3. The molecule has 1 amide bonds. The van der Waals surface area contributed by atoms with Crippen molar-refractivity contribution in [1.82, 2.24) is 20.1 Å². The smallest absolute Gasteiger partial charge is 0.242 e. The number of amides is 1. The van der Waals surface area contributed by atoms with Crippen LogP contribution >= 0.6 is 0 Å². The van der Waals surface area contributed by atoms with E-state index in [1.165, 1.54) is 4.68 Å². The highest BCUT2D eigenvalue weighted by molar-refractivity contribution is 5.76. The summed E-state index contributed by atoms with van der Waals surface area (Å²) in [5, 5.41) is 7.27. The van der Waals surface area contributed by atoms with Gasteiger partial charge in [-0.3, -0.25) is 9.78 Å². The van der Waals surface area contributed by atoms with Crippen LogP contribution in [0.5, 0.6) is 0 Å². The predicted octanol–water partition coefficient (Wildman–Crippen LogP) is 2.22. The Morgan fingerprint density at radius 1 is 1.50 bits per heavy atom. The van der Waals surface area contributed by atoms with E-state index in [4.69, 9.17) is 5.73 Å². The van der Waals surface area contributed by atoms with Crippen LogP contribution in [0, 0.1) is 6.92 Å². The van der Waals surface area contributed by atoms with Gasteiger partial charge in [0.15, 0.2) is 0 Å². The van der Waals surface area contributed by atoms with Gasteiger partial charge in [0, 0.05) is 18.5 Å². The second kappa shape index (κ2) is 7.59. The van der Waals surface area contributed by atoms with Crippen molar-refractivity contribution in [2.45, 2.75) is 45.7 Å². The fraction of sp³-hybridized carbons (Fsp3) is 0.438. The van der Waals surface area contributed by atoms with Crippen molar-refractivity contribution in [3.05, 3.63) is 41.9 Å². The third kappa shape index (κ3) is 4.31. The lowest BCUT2D eigenvalue weighted by Crippen LogP contribution is -2.32. The molecule has 3 N–H and O–H groups in total. The van der Waals surface area contributed by atoms with Gasteiger partial charge in [0.1, 0.15) is 12.4 Å². The second-order valence-electron chi connectivity index (χ2n) is 5.42. The van der Waals surface area contributed by atoms with Gasteiger partial charge in [-0.1, -0.05) is 25.8 Å². The Bertz CT molecular complexity index is 608. The summed E-state index contributed by atoms with van der Waals surface area (Å²) in [5.74, 6) is 0.402. The average Bonchev–Trinajstić information content (AvgIpc) is 2.82. The topological polar surface area (TPSA) is 85.8 Å². The third-order valence-electron chi connectivity index (χ3n) is 3.49. The number of hydrogen-bond donors (Lipinski definition) is 2. The largest absolute Gasteiger partial charge is 0.384 e. The molecule has 0 aliphatic heterocycles. The van der Waals surface area contributed by atoms with Crippen LogP contribution in [-0.2, 0) is 11.3 Å². The molecule has 0 aliphatic rings. The second-order valence-corrected chi connectivity index (χ2v) is 5.42. The summed E-state index contributed by atoms with van der Waals surface area (Å²) < 4.78 is 1.52. The van der Waals surface area contributed by atoms with Crippen molar-refractivity contribution in [1.29, 1.82) is 0 Å². The molecule has 118 valence electrons. The molecule has 6 nitrogen and oxygen atoms in total. The Hall–Kier alpha value is -2.37. The Kier molecular flexibility index (Phi) is 5.52. The van der Waals surface area contributed by atoms with Crippen molar-refractivity contribution in [2.24, 2.45) is 0 Å². The normalized spacial score (nSPS) is 12.1. The molecule has 0 radical (unpaired) electrons. The summed E-state index contributed by atoms with van der Waals surface area (Å²) in [6.45, 7) is 4.11. The molecule has 0 bridgehead atoms. The number of rotatable bonds is 7. The quantitative estimate of drug-likeness (QED) is 0.821. The van der Waals surface area contributed by atoms with Crippen LogP contribution in [0.15, 0.2) is 30.6 Å². The zero-order chi connectivity index (χ0) is 15.9. The predicted molar refractivity (Wildman–Crippen MR) is 86.0 cm³/mol. The van der Waals surface area contributed by atoms with E-state index in [9.17, 15) is 4.79 Å². The number of aryl methyl sites for hydroxylation is 1. The molecule has 2 rings (SSSR count). The summed E-state index contributed by atoms with van der Waals surface area (Å²) in [4.78, 5) is 16.4. The first kappa shape index (κ1) is 16.0. The number of nitrogens with two attached hydrogens (primary N) is 1. The van der Waals surface area contributed by atoms with E-state index >= 15 is 0 Å². The van der Waals surface area contributed by atoms with Crippen LogP contribution in [0.4, 0.5) is 5.82 Å². The maximum Gasteiger partial charge on any atom is 0.242 e. The number of carbonyl (C=O) groups is 1. The average molecular weight is 301 g/mol. The van der Waals surface area contributed by atoms with Gasteiger partial charge < -0.3 is 11.1 Å². The van der Waals surface area contributed by atoms with Gasteiger partial charge in [0.05, 0.1) is 11.7 Å². The Labute approximate surface area is 130 Å². The molecule has 6 heteroatoms. The fourth-order valence-corrected chi connectivity index (χ4v) is 2.38. The molecule has 0 saturated carbocycles. The van der Waals surface area contributed by atoms with E-state index in [2.05, 4.69) is 22.3 Å². The molecule has 2 aromatic heterocycles. The summed E-state index contributed by atoms with van der Waals surface area (Å²) in [7, 11) is 0. The van der Waals surface area contributed by atoms with Gasteiger partial charge in [-0.2, -0.15) is 5.10 Å². The number of nitrogens with one attached hydrogen (secondary N) is 1. The first-order chi connectivity index (χ1) is 10.6. The van der Waals surface area contributed by atoms with Gasteiger partial charge in [-0.15, -0.1) is 0 Å². The fourth-order valence-electron chi connectivity index (χ4n) is 2.38. The van der Waals surface area contributed by atoms with Gasteiger partial charge in [-0.25, -0.2) is 4.68 Å². The number of anilines is 1. The molecule has 22 heavy (non-hydrogen) atoms. The van der Waals surface area contributed by atoms with E-state index in [1.807, 2.05) is 19.1 Å². The summed E-state index contributed by atoms with van der Waals surface area (Å²) >= 11 is 0. The lowest BCUT2D eigenvalue weighted by molar-refractivity contribution is -0.122. The highest BCUT2D eigenvalue weighted by Crippen LogP contribution is 2.18. The standard InChI is InChI=1S/C16H23N5O/c1-3-4-7-14(13-6-5-8-18-10-13)19-16(22)11-21-15(17)9-12(2)20-21/h5-6,8-10,14H,3-4,7,11,17H2,1-2H3,(H,19,22). The lowest BCUT2D eigenvalue weighted by Gasteiger charge is -2.19. The highest BCUT2D eigenvalue weighted by Gasteiger charge is 2.15. The molecule has 0 saturated heterocycles. The summed E-state index contributed by atoms with van der Waals surface area (Å²) in [5.41, 5.74) is 7.65. The first-order valence-corrected chi connectivity index (χ1v) is 7.59. The molecule has 0 aliphatic carbocycles. The lowest BCUT2D eigenvalue weighted by atomic mass is 10.0. The van der Waals surface area contributed by atoms with E-state index in [1.54, 1.807) is 18.5 Å². The number of carbonyl (C=O) groups excluding carboxylic acids is 1. The van der Waals surface area contributed by atoms with Crippen LogP contribution in [0.2, 0.25) is 0 Å². The van der Waals surface area contributed by atoms with Crippen molar-refractivity contribution in [3.8, 4) is 0 Å². The van der Waals surface area contributed by atoms with Gasteiger partial charge in [-0.05, 0) is 25.0 Å². The zero-order valence-corrected chi connectivity index (χ0v) is 13.1. The number of aromatic nitrogens is 3. The molecule has 0 spiro atoms. The molecule has 2 aromatic rings. The monoisotopic (exact) mass is 301 g/mol. The highest BCUT2D eigenvalue weighted by atomic mass is 16.2. The zero-order valence-electron chi connectivity index (χ0n) is 13.1. The van der Waals surface area contributed by atoms with Crippen LogP contribution < -0.4 is 11.1 Å². The van der Waals surface area contributed by atoms with E-state index in [-0.39, 0.29) is 18.5 Å². The number of nitrogens with zero attached hydrogens (tertiary/aromatic N) is 3. The summed E-state index contributed by atoms with van der Waals surface area (Å²) in [6, 6.07) is 5.59. The van der Waals surface area contributed by atoms with Crippen LogP contribution in [0.25, 0.3) is 0 Å².